The van der Waals surface area contributed by atoms with E-state index in [4.69, 9.17) is 10.2 Å². The summed E-state index contributed by atoms with van der Waals surface area (Å²) in [6.07, 6.45) is -9.42. The predicted molar refractivity (Wildman–Crippen MR) is 55.8 cm³/mol. The Morgan fingerprint density at radius 3 is 1.82 bits per heavy atom. The second kappa shape index (κ2) is 6.84. The largest absolute Gasteiger partial charge is 0.394 e. The van der Waals surface area contributed by atoms with Crippen molar-refractivity contribution in [1.82, 2.24) is 4.90 Å². The SMILES string of the molecule is CN(C)C(=O)[C@H](O)[C@H](O)[C@H](O)[C@@H](O)[C@H](O)CO. The highest BCUT2D eigenvalue weighted by Crippen LogP contribution is 2.09. The maximum absolute atomic E-state index is 11.3. The minimum atomic E-state index is -1.97. The Hall–Kier alpha value is -0.770. The van der Waals surface area contributed by atoms with E-state index in [0.29, 0.717) is 0 Å². The summed E-state index contributed by atoms with van der Waals surface area (Å²) >= 11 is 0. The number of amides is 1. The van der Waals surface area contributed by atoms with Gasteiger partial charge >= 0.3 is 0 Å². The standard InChI is InChI=1S/C9H19NO7/c1-10(2)9(17)8(16)7(15)6(14)5(13)4(12)3-11/h4-8,11-16H,3H2,1-2H3/t4-,5+,6-,7-,8-/m1/s1. The van der Waals surface area contributed by atoms with Gasteiger partial charge in [0, 0.05) is 14.1 Å². The van der Waals surface area contributed by atoms with E-state index in [1.165, 1.54) is 14.1 Å². The third kappa shape index (κ3) is 4.19. The summed E-state index contributed by atoms with van der Waals surface area (Å²) in [5.74, 6) is -0.859. The second-order valence-electron chi connectivity index (χ2n) is 3.90. The number of hydrogen-bond acceptors (Lipinski definition) is 7. The van der Waals surface area contributed by atoms with Crippen LogP contribution >= 0.6 is 0 Å². The average Bonchev–Trinajstić information content (AvgIpc) is 2.32. The third-order valence-corrected chi connectivity index (χ3v) is 2.30. The lowest BCUT2D eigenvalue weighted by atomic mass is 9.99. The Bertz CT molecular complexity index is 247. The Morgan fingerprint density at radius 2 is 1.47 bits per heavy atom. The molecule has 0 aliphatic carbocycles. The minimum Gasteiger partial charge on any atom is -0.394 e. The Morgan fingerprint density at radius 1 is 1.00 bits per heavy atom. The first-order valence-corrected chi connectivity index (χ1v) is 4.96. The number of hydrogen-bond donors (Lipinski definition) is 6. The van der Waals surface area contributed by atoms with Gasteiger partial charge in [0.25, 0.3) is 5.91 Å². The fraction of sp³-hybridized carbons (Fsp3) is 0.889. The summed E-state index contributed by atoms with van der Waals surface area (Å²) in [5.41, 5.74) is 0. The van der Waals surface area contributed by atoms with Crippen molar-refractivity contribution in [3.8, 4) is 0 Å². The van der Waals surface area contributed by atoms with E-state index in [9.17, 15) is 25.2 Å². The Balaban J connectivity index is 4.58. The van der Waals surface area contributed by atoms with Gasteiger partial charge in [-0.15, -0.1) is 0 Å². The molecular formula is C9H19NO7. The number of aliphatic hydroxyl groups excluding tert-OH is 6. The number of carbonyl (C=O) groups is 1. The van der Waals surface area contributed by atoms with Gasteiger partial charge in [-0.05, 0) is 0 Å². The van der Waals surface area contributed by atoms with Crippen LogP contribution in [0.15, 0.2) is 0 Å². The topological polar surface area (TPSA) is 142 Å². The zero-order valence-electron chi connectivity index (χ0n) is 9.63. The molecule has 0 spiro atoms. The molecule has 0 aromatic carbocycles. The fourth-order valence-electron chi connectivity index (χ4n) is 1.14. The molecule has 0 bridgehead atoms. The van der Waals surface area contributed by atoms with Gasteiger partial charge in [0.05, 0.1) is 6.61 Å². The smallest absolute Gasteiger partial charge is 0.253 e. The van der Waals surface area contributed by atoms with Crippen molar-refractivity contribution in [2.45, 2.75) is 30.5 Å². The number of likely N-dealkylation sites (N-methyl/N-ethyl adjacent to an activating group) is 1. The molecule has 0 radical (unpaired) electrons. The maximum Gasteiger partial charge on any atom is 0.253 e. The molecule has 0 rings (SSSR count). The van der Waals surface area contributed by atoms with Crippen molar-refractivity contribution >= 4 is 5.91 Å². The normalized spacial score (nSPS) is 20.2. The van der Waals surface area contributed by atoms with Gasteiger partial charge < -0.3 is 35.5 Å². The molecular weight excluding hydrogens is 234 g/mol. The summed E-state index contributed by atoms with van der Waals surface area (Å²) in [6, 6.07) is 0. The molecule has 0 unspecified atom stereocenters. The van der Waals surface area contributed by atoms with E-state index in [-0.39, 0.29) is 0 Å². The molecule has 8 nitrogen and oxygen atoms in total. The molecule has 17 heavy (non-hydrogen) atoms. The molecule has 6 N–H and O–H groups in total. The maximum atomic E-state index is 11.3. The molecule has 5 atom stereocenters. The molecule has 0 aliphatic rings. The van der Waals surface area contributed by atoms with Crippen LogP contribution in [-0.2, 0) is 4.79 Å². The summed E-state index contributed by atoms with van der Waals surface area (Å²) < 4.78 is 0. The molecule has 0 heterocycles. The molecule has 0 saturated carbocycles. The van der Waals surface area contributed by atoms with Gasteiger partial charge in [-0.1, -0.05) is 0 Å². The van der Waals surface area contributed by atoms with Crippen molar-refractivity contribution in [1.29, 1.82) is 0 Å². The number of nitrogens with zero attached hydrogens (tertiary/aromatic N) is 1. The van der Waals surface area contributed by atoms with Gasteiger partial charge in [0.15, 0.2) is 6.10 Å². The van der Waals surface area contributed by atoms with Crippen LogP contribution in [0.5, 0.6) is 0 Å². The number of aliphatic hydroxyl groups is 6. The van der Waals surface area contributed by atoms with Crippen molar-refractivity contribution < 1.29 is 35.4 Å². The first kappa shape index (κ1) is 16.2. The Labute approximate surface area is 98.3 Å². The zero-order valence-corrected chi connectivity index (χ0v) is 9.63. The first-order chi connectivity index (χ1) is 7.73. The van der Waals surface area contributed by atoms with E-state index in [0.717, 1.165) is 4.90 Å². The molecule has 0 aromatic heterocycles. The predicted octanol–water partition coefficient (Wildman–Crippen LogP) is -4.13. The zero-order chi connectivity index (χ0) is 13.7. The molecule has 0 aliphatic heterocycles. The van der Waals surface area contributed by atoms with Gasteiger partial charge in [-0.2, -0.15) is 0 Å². The Kier molecular flexibility index (Phi) is 6.53. The van der Waals surface area contributed by atoms with E-state index in [2.05, 4.69) is 0 Å². The van der Waals surface area contributed by atoms with Crippen LogP contribution in [0, 0.1) is 0 Å². The summed E-state index contributed by atoms with van der Waals surface area (Å²) in [7, 11) is 2.67. The van der Waals surface area contributed by atoms with Gasteiger partial charge in [0.2, 0.25) is 0 Å². The average molecular weight is 253 g/mol. The molecule has 8 heteroatoms. The van der Waals surface area contributed by atoms with Crippen LogP contribution in [0.4, 0.5) is 0 Å². The van der Waals surface area contributed by atoms with Crippen LogP contribution < -0.4 is 0 Å². The van der Waals surface area contributed by atoms with Crippen molar-refractivity contribution in [2.24, 2.45) is 0 Å². The van der Waals surface area contributed by atoms with Crippen LogP contribution in [0.1, 0.15) is 0 Å². The number of rotatable bonds is 6. The number of carbonyl (C=O) groups excluding carboxylic acids is 1. The summed E-state index contributed by atoms with van der Waals surface area (Å²) in [4.78, 5) is 12.3. The lowest BCUT2D eigenvalue weighted by Gasteiger charge is -2.28. The lowest BCUT2D eigenvalue weighted by Crippen LogP contribution is -2.53. The van der Waals surface area contributed by atoms with Crippen LogP contribution in [0.3, 0.4) is 0 Å². The summed E-state index contributed by atoms with van der Waals surface area (Å²) in [6.45, 7) is -0.831. The minimum absolute atomic E-state index is 0.831. The van der Waals surface area contributed by atoms with E-state index in [1.807, 2.05) is 0 Å². The fourth-order valence-corrected chi connectivity index (χ4v) is 1.14. The second-order valence-corrected chi connectivity index (χ2v) is 3.90. The molecule has 0 aromatic rings. The van der Waals surface area contributed by atoms with Crippen molar-refractivity contribution in [3.63, 3.8) is 0 Å². The van der Waals surface area contributed by atoms with E-state index in [1.54, 1.807) is 0 Å². The monoisotopic (exact) mass is 253 g/mol. The molecule has 0 saturated heterocycles. The van der Waals surface area contributed by atoms with Crippen molar-refractivity contribution in [2.75, 3.05) is 20.7 Å². The highest BCUT2D eigenvalue weighted by molar-refractivity contribution is 5.80. The highest BCUT2D eigenvalue weighted by atomic mass is 16.4. The third-order valence-electron chi connectivity index (χ3n) is 2.30. The molecule has 0 fully saturated rings. The summed E-state index contributed by atoms with van der Waals surface area (Å²) in [5, 5.41) is 55.0. The van der Waals surface area contributed by atoms with Gasteiger partial charge in [-0.25, -0.2) is 0 Å². The molecule has 102 valence electrons. The van der Waals surface area contributed by atoms with Gasteiger partial charge in [0.1, 0.15) is 24.4 Å². The lowest BCUT2D eigenvalue weighted by molar-refractivity contribution is -0.162. The van der Waals surface area contributed by atoms with Crippen LogP contribution in [0.25, 0.3) is 0 Å². The highest BCUT2D eigenvalue weighted by Gasteiger charge is 2.37. The van der Waals surface area contributed by atoms with Crippen LogP contribution in [0.2, 0.25) is 0 Å². The van der Waals surface area contributed by atoms with Crippen LogP contribution in [-0.4, -0.2) is 92.7 Å². The van der Waals surface area contributed by atoms with E-state index >= 15 is 0 Å². The first-order valence-electron chi connectivity index (χ1n) is 4.96. The van der Waals surface area contributed by atoms with Gasteiger partial charge in [-0.3, -0.25) is 4.79 Å². The van der Waals surface area contributed by atoms with Crippen molar-refractivity contribution in [3.05, 3.63) is 0 Å². The van der Waals surface area contributed by atoms with E-state index < -0.39 is 43.0 Å². The molecule has 1 amide bonds. The quantitative estimate of drug-likeness (QED) is 0.282.